The minimum Gasteiger partial charge on any atom is -0.497 e. The lowest BCUT2D eigenvalue weighted by molar-refractivity contribution is 0.0734. The summed E-state index contributed by atoms with van der Waals surface area (Å²) in [6.07, 6.45) is 1.26. The molecular weight excluding hydrogens is 284 g/mol. The van der Waals surface area contributed by atoms with Crippen molar-refractivity contribution in [3.8, 4) is 23.0 Å². The molecule has 22 heavy (non-hydrogen) atoms. The van der Waals surface area contributed by atoms with Crippen LogP contribution in [0.3, 0.4) is 0 Å². The van der Waals surface area contributed by atoms with E-state index in [4.69, 9.17) is 13.9 Å². The highest BCUT2D eigenvalue weighted by atomic mass is 16.5. The van der Waals surface area contributed by atoms with Crippen LogP contribution >= 0.6 is 0 Å². The molecule has 0 aliphatic heterocycles. The second-order valence-electron chi connectivity index (χ2n) is 4.39. The molecule has 0 radical (unpaired) electrons. The first-order chi connectivity index (χ1) is 10.8. The van der Waals surface area contributed by atoms with E-state index in [9.17, 15) is 4.79 Å². The molecule has 6 nitrogen and oxygen atoms in total. The van der Waals surface area contributed by atoms with Gasteiger partial charge in [-0.05, 0) is 42.5 Å². The summed E-state index contributed by atoms with van der Waals surface area (Å²) in [7, 11) is 1.54. The Bertz CT molecular complexity index is 767. The number of methoxy groups -OCH3 is 1. The van der Waals surface area contributed by atoms with Crippen molar-refractivity contribution < 1.29 is 18.7 Å². The minimum atomic E-state index is -0.454. The Balaban J connectivity index is 1.74. The topological polar surface area (TPSA) is 74.5 Å². The third-order valence-corrected chi connectivity index (χ3v) is 2.98. The van der Waals surface area contributed by atoms with Crippen LogP contribution in [-0.4, -0.2) is 23.3 Å². The fraction of sp³-hybridized carbons (Fsp3) is 0.0625. The third-order valence-electron chi connectivity index (χ3n) is 2.98. The van der Waals surface area contributed by atoms with Gasteiger partial charge in [-0.25, -0.2) is 4.79 Å². The molecule has 0 aliphatic rings. The van der Waals surface area contributed by atoms with Crippen molar-refractivity contribution in [2.75, 3.05) is 7.11 Å². The summed E-state index contributed by atoms with van der Waals surface area (Å²) in [5, 5.41) is 7.42. The highest BCUT2D eigenvalue weighted by Crippen LogP contribution is 2.21. The summed E-state index contributed by atoms with van der Waals surface area (Å²) in [6.45, 7) is 0. The quantitative estimate of drug-likeness (QED) is 0.544. The Morgan fingerprint density at radius 3 is 2.59 bits per heavy atom. The van der Waals surface area contributed by atoms with Gasteiger partial charge in [-0.2, -0.15) is 0 Å². The molecule has 0 aliphatic carbocycles. The Hall–Kier alpha value is -3.15. The highest BCUT2D eigenvalue weighted by molar-refractivity contribution is 5.91. The van der Waals surface area contributed by atoms with E-state index in [1.807, 2.05) is 0 Å². The molecule has 0 amide bonds. The predicted octanol–water partition coefficient (Wildman–Crippen LogP) is 2.96. The van der Waals surface area contributed by atoms with Crippen LogP contribution in [0.2, 0.25) is 0 Å². The van der Waals surface area contributed by atoms with E-state index >= 15 is 0 Å². The van der Waals surface area contributed by atoms with Crippen molar-refractivity contribution in [2.24, 2.45) is 0 Å². The first-order valence-corrected chi connectivity index (χ1v) is 6.49. The normalized spacial score (nSPS) is 10.2. The summed E-state index contributed by atoms with van der Waals surface area (Å²) in [5.74, 6) is 0.979. The molecule has 0 bridgehead atoms. The number of rotatable bonds is 4. The zero-order valence-electron chi connectivity index (χ0n) is 11.7. The van der Waals surface area contributed by atoms with Gasteiger partial charge in [0.05, 0.1) is 12.7 Å². The molecule has 0 spiro atoms. The molecular formula is C16H12N2O4. The van der Waals surface area contributed by atoms with Crippen molar-refractivity contribution >= 4 is 5.97 Å². The molecule has 3 rings (SSSR count). The molecule has 3 aromatic rings. The number of hydrogen-bond acceptors (Lipinski definition) is 6. The average Bonchev–Trinajstić information content (AvgIpc) is 3.10. The standard InChI is InChI=1S/C16H12N2O4/c1-20-14-4-2-3-12(9-14)16(19)22-13-7-5-11(6-8-13)15-18-17-10-21-15/h2-10H,1H3. The maximum absolute atomic E-state index is 12.1. The molecule has 6 heteroatoms. The second kappa shape index (κ2) is 6.09. The zero-order valence-corrected chi connectivity index (χ0v) is 11.7. The molecule has 0 saturated carbocycles. The largest absolute Gasteiger partial charge is 0.497 e. The van der Waals surface area contributed by atoms with Crippen LogP contribution in [0.4, 0.5) is 0 Å². The Labute approximate surface area is 126 Å². The minimum absolute atomic E-state index is 0.408. The lowest BCUT2D eigenvalue weighted by Gasteiger charge is -2.06. The molecule has 0 atom stereocenters. The van der Waals surface area contributed by atoms with E-state index in [2.05, 4.69) is 10.2 Å². The summed E-state index contributed by atoms with van der Waals surface area (Å²) in [5.41, 5.74) is 1.17. The molecule has 0 N–H and O–H groups in total. The van der Waals surface area contributed by atoms with Gasteiger partial charge in [-0.3, -0.25) is 0 Å². The number of carbonyl (C=O) groups is 1. The number of nitrogens with zero attached hydrogens (tertiary/aromatic N) is 2. The van der Waals surface area contributed by atoms with Crippen LogP contribution in [0.5, 0.6) is 11.5 Å². The van der Waals surface area contributed by atoms with Crippen LogP contribution in [-0.2, 0) is 0 Å². The van der Waals surface area contributed by atoms with E-state index in [1.165, 1.54) is 6.39 Å². The molecule has 1 aromatic heterocycles. The number of esters is 1. The smallest absolute Gasteiger partial charge is 0.343 e. The number of hydrogen-bond donors (Lipinski definition) is 0. The van der Waals surface area contributed by atoms with E-state index < -0.39 is 5.97 Å². The van der Waals surface area contributed by atoms with Gasteiger partial charge in [-0.1, -0.05) is 6.07 Å². The third kappa shape index (κ3) is 2.95. The second-order valence-corrected chi connectivity index (χ2v) is 4.39. The summed E-state index contributed by atoms with van der Waals surface area (Å²) in [4.78, 5) is 12.1. The summed E-state index contributed by atoms with van der Waals surface area (Å²) in [6, 6.07) is 13.6. The lowest BCUT2D eigenvalue weighted by Crippen LogP contribution is -2.08. The van der Waals surface area contributed by atoms with Crippen LogP contribution in [0.15, 0.2) is 59.3 Å². The molecule has 2 aromatic carbocycles. The molecule has 110 valence electrons. The maximum atomic E-state index is 12.1. The molecule has 0 saturated heterocycles. The van der Waals surface area contributed by atoms with Crippen LogP contribution in [0.1, 0.15) is 10.4 Å². The summed E-state index contributed by atoms with van der Waals surface area (Å²) < 4.78 is 15.5. The van der Waals surface area contributed by atoms with Crippen LogP contribution in [0.25, 0.3) is 11.5 Å². The van der Waals surface area contributed by atoms with Crippen molar-refractivity contribution in [3.05, 3.63) is 60.5 Å². The summed E-state index contributed by atoms with van der Waals surface area (Å²) >= 11 is 0. The van der Waals surface area contributed by atoms with Crippen molar-refractivity contribution in [2.45, 2.75) is 0 Å². The molecule has 1 heterocycles. The fourth-order valence-corrected chi connectivity index (χ4v) is 1.88. The monoisotopic (exact) mass is 296 g/mol. The first-order valence-electron chi connectivity index (χ1n) is 6.49. The van der Waals surface area contributed by atoms with Gasteiger partial charge in [0, 0.05) is 5.56 Å². The zero-order chi connectivity index (χ0) is 15.4. The lowest BCUT2D eigenvalue weighted by atomic mass is 10.2. The van der Waals surface area contributed by atoms with E-state index in [-0.39, 0.29) is 0 Å². The highest BCUT2D eigenvalue weighted by Gasteiger charge is 2.10. The number of benzene rings is 2. The fourth-order valence-electron chi connectivity index (χ4n) is 1.88. The van der Waals surface area contributed by atoms with Gasteiger partial charge >= 0.3 is 5.97 Å². The van der Waals surface area contributed by atoms with Crippen LogP contribution < -0.4 is 9.47 Å². The average molecular weight is 296 g/mol. The van der Waals surface area contributed by atoms with Crippen molar-refractivity contribution in [1.82, 2.24) is 10.2 Å². The van der Waals surface area contributed by atoms with Gasteiger partial charge in [0.1, 0.15) is 11.5 Å². The Kier molecular flexibility index (Phi) is 3.82. The van der Waals surface area contributed by atoms with Gasteiger partial charge in [0.15, 0.2) is 0 Å². The SMILES string of the molecule is COc1cccc(C(=O)Oc2ccc(-c3nnco3)cc2)c1. The number of ether oxygens (including phenoxy) is 2. The predicted molar refractivity (Wildman–Crippen MR) is 77.7 cm³/mol. The van der Waals surface area contributed by atoms with Gasteiger partial charge in [0.2, 0.25) is 12.3 Å². The van der Waals surface area contributed by atoms with E-state index in [1.54, 1.807) is 55.6 Å². The van der Waals surface area contributed by atoms with Gasteiger partial charge < -0.3 is 13.9 Å². The Morgan fingerprint density at radius 2 is 1.91 bits per heavy atom. The van der Waals surface area contributed by atoms with Crippen molar-refractivity contribution in [3.63, 3.8) is 0 Å². The molecule has 0 fully saturated rings. The van der Waals surface area contributed by atoms with Crippen LogP contribution in [0, 0.1) is 0 Å². The Morgan fingerprint density at radius 1 is 1.09 bits per heavy atom. The number of aromatic nitrogens is 2. The van der Waals surface area contributed by atoms with Gasteiger partial charge in [-0.15, -0.1) is 10.2 Å². The van der Waals surface area contributed by atoms with E-state index in [0.29, 0.717) is 23.0 Å². The van der Waals surface area contributed by atoms with E-state index in [0.717, 1.165) is 5.56 Å². The van der Waals surface area contributed by atoms with Crippen molar-refractivity contribution in [1.29, 1.82) is 0 Å². The number of carbonyl (C=O) groups excluding carboxylic acids is 1. The first kappa shape index (κ1) is 13.8. The maximum Gasteiger partial charge on any atom is 0.343 e. The molecule has 0 unspecified atom stereocenters. The van der Waals surface area contributed by atoms with Gasteiger partial charge in [0.25, 0.3) is 0 Å².